The summed E-state index contributed by atoms with van der Waals surface area (Å²) in [4.78, 5) is 31.9. The van der Waals surface area contributed by atoms with E-state index in [-0.39, 0.29) is 11.9 Å². The van der Waals surface area contributed by atoms with Gasteiger partial charge in [-0.05, 0) is 56.7 Å². The molecule has 0 saturated carbocycles. The zero-order valence-electron chi connectivity index (χ0n) is 18.6. The van der Waals surface area contributed by atoms with Crippen LogP contribution in [0.4, 0.5) is 5.82 Å². The smallest absolute Gasteiger partial charge is 0.273 e. The van der Waals surface area contributed by atoms with E-state index in [0.717, 1.165) is 62.5 Å². The number of fused-ring (bicyclic) bond motifs is 1. The van der Waals surface area contributed by atoms with Crippen molar-refractivity contribution in [2.45, 2.75) is 51.6 Å². The Kier molecular flexibility index (Phi) is 5.84. The molecule has 1 aromatic carbocycles. The van der Waals surface area contributed by atoms with Crippen LogP contribution in [0.25, 0.3) is 0 Å². The maximum absolute atomic E-state index is 13.3. The first-order chi connectivity index (χ1) is 15.7. The van der Waals surface area contributed by atoms with E-state index in [4.69, 9.17) is 9.97 Å². The molecule has 2 aliphatic rings. The van der Waals surface area contributed by atoms with Gasteiger partial charge in [-0.3, -0.25) is 9.78 Å². The third kappa shape index (κ3) is 4.09. The minimum Gasteiger partial charge on any atom is -0.352 e. The Morgan fingerprint density at radius 3 is 2.66 bits per heavy atom. The zero-order valence-corrected chi connectivity index (χ0v) is 18.6. The van der Waals surface area contributed by atoms with E-state index in [2.05, 4.69) is 41.1 Å². The van der Waals surface area contributed by atoms with Crippen LogP contribution in [0.2, 0.25) is 0 Å². The van der Waals surface area contributed by atoms with E-state index >= 15 is 0 Å². The van der Waals surface area contributed by atoms with Gasteiger partial charge >= 0.3 is 0 Å². The van der Waals surface area contributed by atoms with Crippen LogP contribution in [0.15, 0.2) is 54.7 Å². The number of carbonyl (C=O) groups excluding carboxylic acids is 1. The summed E-state index contributed by atoms with van der Waals surface area (Å²) >= 11 is 0. The maximum atomic E-state index is 13.3. The predicted octanol–water partition coefficient (Wildman–Crippen LogP) is 4.50. The minimum absolute atomic E-state index is 0.0320. The van der Waals surface area contributed by atoms with Crippen molar-refractivity contribution in [1.29, 1.82) is 0 Å². The van der Waals surface area contributed by atoms with Crippen LogP contribution in [0.1, 0.15) is 64.9 Å². The molecule has 1 amide bonds. The van der Waals surface area contributed by atoms with Crippen LogP contribution in [0.3, 0.4) is 0 Å². The van der Waals surface area contributed by atoms with E-state index in [0.29, 0.717) is 12.2 Å². The van der Waals surface area contributed by atoms with Gasteiger partial charge in [-0.15, -0.1) is 0 Å². The Balaban J connectivity index is 1.48. The Labute approximate surface area is 189 Å². The van der Waals surface area contributed by atoms with E-state index in [1.165, 1.54) is 11.1 Å². The second-order valence-corrected chi connectivity index (χ2v) is 8.71. The highest BCUT2D eigenvalue weighted by Gasteiger charge is 2.33. The summed E-state index contributed by atoms with van der Waals surface area (Å²) in [7, 11) is 0. The Morgan fingerprint density at radius 2 is 1.84 bits per heavy atom. The van der Waals surface area contributed by atoms with Gasteiger partial charge in [0.2, 0.25) is 0 Å². The molecule has 0 N–H and O–H groups in total. The lowest BCUT2D eigenvalue weighted by Crippen LogP contribution is -2.40. The summed E-state index contributed by atoms with van der Waals surface area (Å²) in [5.74, 6) is 1.78. The minimum atomic E-state index is -0.109. The molecule has 2 aromatic heterocycles. The summed E-state index contributed by atoms with van der Waals surface area (Å²) in [5, 5.41) is 0. The van der Waals surface area contributed by atoms with Crippen molar-refractivity contribution >= 4 is 11.7 Å². The average Bonchev–Trinajstić information content (AvgIpc) is 2.85. The SMILES string of the molecule is Cc1nc([C@@H]2CCCCN2C(=O)c2ccccn2)nc2c1CCCN2Cc1ccccc1. The summed E-state index contributed by atoms with van der Waals surface area (Å²) in [6.07, 6.45) is 6.75. The first kappa shape index (κ1) is 20.6. The molecule has 0 spiro atoms. The highest BCUT2D eigenvalue weighted by Crippen LogP contribution is 2.34. The van der Waals surface area contributed by atoms with Crippen molar-refractivity contribution in [3.8, 4) is 0 Å². The van der Waals surface area contributed by atoms with Crippen LogP contribution in [0.5, 0.6) is 0 Å². The number of aromatic nitrogens is 3. The van der Waals surface area contributed by atoms with Crippen LogP contribution in [0, 0.1) is 6.92 Å². The van der Waals surface area contributed by atoms with Crippen LogP contribution < -0.4 is 4.90 Å². The second-order valence-electron chi connectivity index (χ2n) is 8.71. The lowest BCUT2D eigenvalue weighted by Gasteiger charge is -2.36. The highest BCUT2D eigenvalue weighted by molar-refractivity contribution is 5.92. The Morgan fingerprint density at radius 1 is 1.00 bits per heavy atom. The predicted molar refractivity (Wildman–Crippen MR) is 124 cm³/mol. The lowest BCUT2D eigenvalue weighted by atomic mass is 9.99. The average molecular weight is 428 g/mol. The van der Waals surface area contributed by atoms with E-state index in [1.807, 2.05) is 23.1 Å². The number of nitrogens with zero attached hydrogens (tertiary/aromatic N) is 5. The molecule has 2 aliphatic heterocycles. The maximum Gasteiger partial charge on any atom is 0.273 e. The lowest BCUT2D eigenvalue weighted by molar-refractivity contribution is 0.0593. The number of anilines is 1. The molecule has 3 aromatic rings. The summed E-state index contributed by atoms with van der Waals surface area (Å²) in [6, 6.07) is 15.9. The molecular weight excluding hydrogens is 398 g/mol. The molecule has 1 saturated heterocycles. The van der Waals surface area contributed by atoms with Crippen molar-refractivity contribution in [2.75, 3.05) is 18.0 Å². The number of hydrogen-bond acceptors (Lipinski definition) is 5. The van der Waals surface area contributed by atoms with Crippen LogP contribution >= 0.6 is 0 Å². The fraction of sp³-hybridized carbons (Fsp3) is 0.385. The summed E-state index contributed by atoms with van der Waals surface area (Å²) < 4.78 is 0. The van der Waals surface area contributed by atoms with Crippen LogP contribution in [-0.2, 0) is 13.0 Å². The number of pyridine rings is 1. The molecular formula is C26H29N5O. The normalized spacial score (nSPS) is 18.3. The molecule has 6 heteroatoms. The molecule has 5 rings (SSSR count). The molecule has 4 heterocycles. The van der Waals surface area contributed by atoms with Crippen LogP contribution in [-0.4, -0.2) is 38.8 Å². The zero-order chi connectivity index (χ0) is 21.9. The topological polar surface area (TPSA) is 62.2 Å². The third-order valence-corrected chi connectivity index (χ3v) is 6.53. The third-order valence-electron chi connectivity index (χ3n) is 6.53. The van der Waals surface area contributed by atoms with E-state index in [1.54, 1.807) is 12.3 Å². The van der Waals surface area contributed by atoms with Gasteiger partial charge in [0, 0.05) is 37.1 Å². The van der Waals surface area contributed by atoms with Gasteiger partial charge in [-0.2, -0.15) is 0 Å². The number of rotatable bonds is 4. The number of hydrogen-bond donors (Lipinski definition) is 0. The number of amides is 1. The van der Waals surface area contributed by atoms with Gasteiger partial charge in [-0.25, -0.2) is 9.97 Å². The number of piperidine rings is 1. The Bertz CT molecular complexity index is 1090. The molecule has 6 nitrogen and oxygen atoms in total. The van der Waals surface area contributed by atoms with Crippen molar-refractivity contribution in [3.63, 3.8) is 0 Å². The first-order valence-electron chi connectivity index (χ1n) is 11.6. The fourth-order valence-electron chi connectivity index (χ4n) is 4.90. The second kappa shape index (κ2) is 9.07. The van der Waals surface area contributed by atoms with Gasteiger partial charge in [0.15, 0.2) is 5.82 Å². The van der Waals surface area contributed by atoms with Crippen molar-refractivity contribution < 1.29 is 4.79 Å². The molecule has 32 heavy (non-hydrogen) atoms. The monoisotopic (exact) mass is 427 g/mol. The van der Waals surface area contributed by atoms with E-state index in [9.17, 15) is 4.79 Å². The molecule has 0 aliphatic carbocycles. The molecule has 1 fully saturated rings. The van der Waals surface area contributed by atoms with Crippen molar-refractivity contribution in [3.05, 3.63) is 83.1 Å². The molecule has 164 valence electrons. The fourth-order valence-corrected chi connectivity index (χ4v) is 4.90. The van der Waals surface area contributed by atoms with Gasteiger partial charge in [0.1, 0.15) is 11.5 Å². The summed E-state index contributed by atoms with van der Waals surface area (Å²) in [5.41, 5.74) is 4.05. The van der Waals surface area contributed by atoms with Gasteiger partial charge in [0.25, 0.3) is 5.91 Å². The molecule has 0 radical (unpaired) electrons. The molecule has 1 atom stereocenters. The number of likely N-dealkylation sites (tertiary alicyclic amines) is 1. The molecule has 0 unspecified atom stereocenters. The van der Waals surface area contributed by atoms with Gasteiger partial charge in [-0.1, -0.05) is 36.4 Å². The van der Waals surface area contributed by atoms with Gasteiger partial charge < -0.3 is 9.80 Å². The largest absolute Gasteiger partial charge is 0.352 e. The number of benzene rings is 1. The Hall–Kier alpha value is -3.28. The standard InChI is InChI=1S/C26H29N5O/c1-19-21-12-9-16-30(18-20-10-3-2-4-11-20)25(21)29-24(28-19)23-14-6-8-17-31(23)26(32)22-13-5-7-15-27-22/h2-5,7,10-11,13,15,23H,6,8-9,12,14,16-18H2,1H3/t23-/m0/s1. The highest BCUT2D eigenvalue weighted by atomic mass is 16.2. The van der Waals surface area contributed by atoms with Crippen molar-refractivity contribution in [1.82, 2.24) is 19.9 Å². The number of carbonyl (C=O) groups is 1. The quantitative estimate of drug-likeness (QED) is 0.613. The summed E-state index contributed by atoms with van der Waals surface area (Å²) in [6.45, 7) is 4.63. The van der Waals surface area contributed by atoms with Gasteiger partial charge in [0.05, 0.1) is 6.04 Å². The molecule has 0 bridgehead atoms. The number of aryl methyl sites for hydroxylation is 1. The van der Waals surface area contributed by atoms with Crippen molar-refractivity contribution in [2.24, 2.45) is 0 Å². The van der Waals surface area contributed by atoms with E-state index < -0.39 is 0 Å². The first-order valence-corrected chi connectivity index (χ1v) is 11.6.